The zero-order chi connectivity index (χ0) is 13.4. The number of hydrogen-bond donors (Lipinski definition) is 1. The molecule has 0 atom stereocenters. The summed E-state index contributed by atoms with van der Waals surface area (Å²) in [6.45, 7) is 0.743. The van der Waals surface area contributed by atoms with E-state index >= 15 is 0 Å². The zero-order valence-corrected chi connectivity index (χ0v) is 8.71. The predicted octanol–water partition coefficient (Wildman–Crippen LogP) is 3.49. The fourth-order valence-electron chi connectivity index (χ4n) is 1.58. The third-order valence-electron chi connectivity index (χ3n) is 2.39. The van der Waals surface area contributed by atoms with E-state index in [-0.39, 0.29) is 12.1 Å². The highest BCUT2D eigenvalue weighted by atomic mass is 19.4. The van der Waals surface area contributed by atoms with Crippen LogP contribution in [0, 0.1) is 6.92 Å². The second-order valence-corrected chi connectivity index (χ2v) is 3.47. The zero-order valence-electron chi connectivity index (χ0n) is 8.71. The highest BCUT2D eigenvalue weighted by Gasteiger charge is 2.44. The molecule has 0 saturated carbocycles. The predicted molar refractivity (Wildman–Crippen MR) is 49.1 cm³/mol. The summed E-state index contributed by atoms with van der Waals surface area (Å²) in [6, 6.07) is 1.38. The first-order valence-electron chi connectivity index (χ1n) is 4.56. The first-order chi connectivity index (χ1) is 7.59. The first kappa shape index (κ1) is 13.8. The molecule has 0 fully saturated rings. The Balaban J connectivity index is 3.59. The van der Waals surface area contributed by atoms with E-state index < -0.39 is 29.0 Å². The lowest BCUT2D eigenvalue weighted by molar-refractivity contribution is -0.162. The molecule has 0 saturated heterocycles. The normalized spacial score (nSPS) is 12.9. The van der Waals surface area contributed by atoms with E-state index in [0.29, 0.717) is 6.07 Å². The monoisotopic (exact) mass is 257 g/mol. The van der Waals surface area contributed by atoms with Gasteiger partial charge in [-0.2, -0.15) is 26.3 Å². The molecule has 96 valence electrons. The number of alkyl halides is 6. The summed E-state index contributed by atoms with van der Waals surface area (Å²) in [6.07, 6.45) is -10.1. The van der Waals surface area contributed by atoms with Gasteiger partial charge in [0, 0.05) is 6.54 Å². The summed E-state index contributed by atoms with van der Waals surface area (Å²) in [7, 11) is 0. The van der Waals surface area contributed by atoms with Crippen LogP contribution in [0.25, 0.3) is 0 Å². The van der Waals surface area contributed by atoms with Gasteiger partial charge in [-0.05, 0) is 24.1 Å². The van der Waals surface area contributed by atoms with E-state index in [1.165, 1.54) is 0 Å². The molecule has 0 spiro atoms. The van der Waals surface area contributed by atoms with Gasteiger partial charge < -0.3 is 5.73 Å². The van der Waals surface area contributed by atoms with Gasteiger partial charge in [0.1, 0.15) is 0 Å². The maximum absolute atomic E-state index is 12.6. The Labute approximate surface area is 93.2 Å². The van der Waals surface area contributed by atoms with Crippen molar-refractivity contribution in [3.63, 3.8) is 0 Å². The van der Waals surface area contributed by atoms with Crippen LogP contribution < -0.4 is 5.73 Å². The van der Waals surface area contributed by atoms with Gasteiger partial charge in [0.25, 0.3) is 0 Å². The van der Waals surface area contributed by atoms with Crippen LogP contribution in [0.2, 0.25) is 0 Å². The molecule has 0 aliphatic heterocycles. The van der Waals surface area contributed by atoms with Crippen LogP contribution in [0.15, 0.2) is 12.1 Å². The van der Waals surface area contributed by atoms with E-state index in [2.05, 4.69) is 0 Å². The maximum atomic E-state index is 12.6. The van der Waals surface area contributed by atoms with Crippen molar-refractivity contribution in [1.29, 1.82) is 0 Å². The van der Waals surface area contributed by atoms with Crippen LogP contribution in [0.4, 0.5) is 26.3 Å². The van der Waals surface area contributed by atoms with E-state index in [1.807, 2.05) is 0 Å². The highest BCUT2D eigenvalue weighted by molar-refractivity contribution is 5.43. The maximum Gasteiger partial charge on any atom is 0.417 e. The Morgan fingerprint density at radius 2 is 1.53 bits per heavy atom. The molecule has 0 radical (unpaired) electrons. The third kappa shape index (κ3) is 2.71. The van der Waals surface area contributed by atoms with Gasteiger partial charge in [0.15, 0.2) is 0 Å². The standard InChI is InChI=1S/C10H9F6N/c1-5-6(4-17)2-3-7(9(11,12)13)8(5)10(14,15)16/h2-3H,4,17H2,1H3. The Bertz CT molecular complexity index is 418. The molecule has 0 amide bonds. The second-order valence-electron chi connectivity index (χ2n) is 3.47. The molecule has 0 aliphatic carbocycles. The van der Waals surface area contributed by atoms with Crippen molar-refractivity contribution in [2.24, 2.45) is 5.73 Å². The van der Waals surface area contributed by atoms with E-state index in [4.69, 9.17) is 5.73 Å². The molecule has 17 heavy (non-hydrogen) atoms. The van der Waals surface area contributed by atoms with Crippen molar-refractivity contribution in [2.75, 3.05) is 0 Å². The molecule has 1 nitrogen and oxygen atoms in total. The van der Waals surface area contributed by atoms with Gasteiger partial charge in [0.2, 0.25) is 0 Å². The van der Waals surface area contributed by atoms with Gasteiger partial charge in [-0.3, -0.25) is 0 Å². The lowest BCUT2D eigenvalue weighted by atomic mass is 9.96. The SMILES string of the molecule is Cc1c(CN)ccc(C(F)(F)F)c1C(F)(F)F. The van der Waals surface area contributed by atoms with E-state index in [9.17, 15) is 26.3 Å². The molecule has 2 N–H and O–H groups in total. The summed E-state index contributed by atoms with van der Waals surface area (Å²) in [5, 5.41) is 0. The minimum atomic E-state index is -5.06. The van der Waals surface area contributed by atoms with Crippen molar-refractivity contribution in [3.05, 3.63) is 34.4 Å². The summed E-state index contributed by atoms with van der Waals surface area (Å²) >= 11 is 0. The lowest BCUT2D eigenvalue weighted by Crippen LogP contribution is -2.19. The number of rotatable bonds is 1. The van der Waals surface area contributed by atoms with Crippen molar-refractivity contribution in [2.45, 2.75) is 25.8 Å². The van der Waals surface area contributed by atoms with Crippen LogP contribution >= 0.6 is 0 Å². The smallest absolute Gasteiger partial charge is 0.326 e. The Kier molecular flexibility index (Phi) is 3.42. The fourth-order valence-corrected chi connectivity index (χ4v) is 1.58. The van der Waals surface area contributed by atoms with Gasteiger partial charge in [-0.15, -0.1) is 0 Å². The number of halogens is 6. The van der Waals surface area contributed by atoms with Crippen molar-refractivity contribution < 1.29 is 26.3 Å². The Hall–Kier alpha value is -1.24. The summed E-state index contributed by atoms with van der Waals surface area (Å²) in [4.78, 5) is 0. The molecular weight excluding hydrogens is 248 g/mol. The van der Waals surface area contributed by atoms with Gasteiger partial charge >= 0.3 is 12.4 Å². The highest BCUT2D eigenvalue weighted by Crippen LogP contribution is 2.42. The van der Waals surface area contributed by atoms with Crippen LogP contribution in [0.5, 0.6) is 0 Å². The molecule has 7 heteroatoms. The summed E-state index contributed by atoms with van der Waals surface area (Å²) in [5.74, 6) is 0. The number of benzene rings is 1. The lowest BCUT2D eigenvalue weighted by Gasteiger charge is -2.19. The molecule has 1 aromatic carbocycles. The molecule has 0 heterocycles. The minimum Gasteiger partial charge on any atom is -0.326 e. The third-order valence-corrected chi connectivity index (χ3v) is 2.39. The summed E-state index contributed by atoms with van der Waals surface area (Å²) < 4.78 is 75.2. The molecule has 0 aromatic heterocycles. The molecular formula is C10H9F6N. The van der Waals surface area contributed by atoms with Crippen LogP contribution in [0.1, 0.15) is 22.3 Å². The van der Waals surface area contributed by atoms with E-state index in [1.54, 1.807) is 0 Å². The van der Waals surface area contributed by atoms with Gasteiger partial charge in [-0.25, -0.2) is 0 Å². The molecule has 0 aliphatic rings. The minimum absolute atomic E-state index is 0.0466. The number of hydrogen-bond acceptors (Lipinski definition) is 1. The first-order valence-corrected chi connectivity index (χ1v) is 4.56. The van der Waals surface area contributed by atoms with Crippen molar-refractivity contribution >= 4 is 0 Å². The van der Waals surface area contributed by atoms with Crippen LogP contribution in [-0.4, -0.2) is 0 Å². The van der Waals surface area contributed by atoms with Gasteiger partial charge in [-0.1, -0.05) is 6.07 Å². The Morgan fingerprint density at radius 1 is 1.00 bits per heavy atom. The number of nitrogens with two attached hydrogens (primary N) is 1. The van der Waals surface area contributed by atoms with Crippen LogP contribution in [-0.2, 0) is 18.9 Å². The molecule has 0 bridgehead atoms. The quantitative estimate of drug-likeness (QED) is 0.766. The molecule has 0 unspecified atom stereocenters. The average Bonchev–Trinajstić information content (AvgIpc) is 2.13. The fraction of sp³-hybridized carbons (Fsp3) is 0.400. The largest absolute Gasteiger partial charge is 0.417 e. The topological polar surface area (TPSA) is 26.0 Å². The average molecular weight is 257 g/mol. The van der Waals surface area contributed by atoms with E-state index in [0.717, 1.165) is 13.0 Å². The van der Waals surface area contributed by atoms with Crippen molar-refractivity contribution in [3.8, 4) is 0 Å². The van der Waals surface area contributed by atoms with Crippen LogP contribution in [0.3, 0.4) is 0 Å². The Morgan fingerprint density at radius 3 is 1.88 bits per heavy atom. The molecule has 1 rings (SSSR count). The molecule has 1 aromatic rings. The van der Waals surface area contributed by atoms with Crippen molar-refractivity contribution in [1.82, 2.24) is 0 Å². The second kappa shape index (κ2) is 4.21. The summed E-state index contributed by atoms with van der Waals surface area (Å²) in [5.41, 5.74) is 1.40. The van der Waals surface area contributed by atoms with Gasteiger partial charge in [0.05, 0.1) is 11.1 Å².